The van der Waals surface area contributed by atoms with Gasteiger partial charge in [-0.3, -0.25) is 4.79 Å². The molecule has 1 aliphatic carbocycles. The van der Waals surface area contributed by atoms with Crippen LogP contribution < -0.4 is 15.8 Å². The first-order valence-electron chi connectivity index (χ1n) is 7.39. The smallest absolute Gasteiger partial charge is 0.228 e. The number of ether oxygens (including phenoxy) is 1. The van der Waals surface area contributed by atoms with E-state index in [0.29, 0.717) is 6.10 Å². The fraction of sp³-hybridized carbons (Fsp3) is 0.562. The molecule has 2 atom stereocenters. The van der Waals surface area contributed by atoms with Crippen LogP contribution in [0.5, 0.6) is 5.75 Å². The summed E-state index contributed by atoms with van der Waals surface area (Å²) in [7, 11) is 0. The highest BCUT2D eigenvalue weighted by atomic mass is 35.5. The predicted octanol–water partition coefficient (Wildman–Crippen LogP) is 3.35. The van der Waals surface area contributed by atoms with E-state index in [-0.39, 0.29) is 30.3 Å². The van der Waals surface area contributed by atoms with Crippen molar-refractivity contribution in [2.24, 2.45) is 11.7 Å². The quantitative estimate of drug-likeness (QED) is 0.876. The number of carbonyl (C=O) groups excluding carboxylic acids is 1. The molecular weight excluding hydrogens is 288 g/mol. The Hall–Kier alpha value is -1.26. The zero-order chi connectivity index (χ0) is 14.5. The van der Waals surface area contributed by atoms with Crippen LogP contribution in [0.1, 0.15) is 39.5 Å². The van der Waals surface area contributed by atoms with E-state index in [0.717, 1.165) is 24.3 Å². The lowest BCUT2D eigenvalue weighted by molar-refractivity contribution is -0.119. The zero-order valence-electron chi connectivity index (χ0n) is 12.7. The highest BCUT2D eigenvalue weighted by Crippen LogP contribution is 2.25. The van der Waals surface area contributed by atoms with Crippen LogP contribution in [0.15, 0.2) is 24.3 Å². The van der Waals surface area contributed by atoms with E-state index in [1.54, 1.807) is 0 Å². The van der Waals surface area contributed by atoms with Gasteiger partial charge < -0.3 is 15.8 Å². The molecule has 1 saturated carbocycles. The Kier molecular flexibility index (Phi) is 6.99. The van der Waals surface area contributed by atoms with E-state index < -0.39 is 0 Å². The molecular formula is C16H25ClN2O2. The lowest BCUT2D eigenvalue weighted by Gasteiger charge is -2.16. The Morgan fingerprint density at radius 3 is 2.33 bits per heavy atom. The molecule has 5 heteroatoms. The van der Waals surface area contributed by atoms with Gasteiger partial charge in [0.2, 0.25) is 5.91 Å². The second kappa shape index (κ2) is 8.25. The number of benzene rings is 1. The highest BCUT2D eigenvalue weighted by molar-refractivity contribution is 5.92. The lowest BCUT2D eigenvalue weighted by atomic mass is 10.0. The normalized spacial score (nSPS) is 17.7. The molecule has 1 aliphatic rings. The van der Waals surface area contributed by atoms with Crippen molar-refractivity contribution in [3.63, 3.8) is 0 Å². The third-order valence-electron chi connectivity index (χ3n) is 3.93. The van der Waals surface area contributed by atoms with E-state index in [1.807, 2.05) is 38.1 Å². The maximum atomic E-state index is 11.9. The molecule has 1 aromatic carbocycles. The molecule has 1 amide bonds. The molecule has 0 heterocycles. The van der Waals surface area contributed by atoms with Gasteiger partial charge in [-0.1, -0.05) is 6.92 Å². The van der Waals surface area contributed by atoms with E-state index >= 15 is 0 Å². The van der Waals surface area contributed by atoms with E-state index in [1.165, 1.54) is 12.8 Å². The summed E-state index contributed by atoms with van der Waals surface area (Å²) in [6.45, 7) is 3.67. The molecule has 2 unspecified atom stereocenters. The van der Waals surface area contributed by atoms with Crippen molar-refractivity contribution in [2.45, 2.75) is 51.7 Å². The average Bonchev–Trinajstić information content (AvgIpc) is 2.92. The fourth-order valence-electron chi connectivity index (χ4n) is 2.31. The highest BCUT2D eigenvalue weighted by Gasteiger charge is 2.18. The number of hydrogen-bond acceptors (Lipinski definition) is 3. The fourth-order valence-corrected chi connectivity index (χ4v) is 2.31. The summed E-state index contributed by atoms with van der Waals surface area (Å²) >= 11 is 0. The van der Waals surface area contributed by atoms with Crippen LogP contribution in [0.25, 0.3) is 0 Å². The van der Waals surface area contributed by atoms with Crippen LogP contribution in [-0.4, -0.2) is 18.1 Å². The Morgan fingerprint density at radius 1 is 1.24 bits per heavy atom. The molecule has 0 bridgehead atoms. The van der Waals surface area contributed by atoms with Gasteiger partial charge in [-0.2, -0.15) is 0 Å². The summed E-state index contributed by atoms with van der Waals surface area (Å²) in [4.78, 5) is 11.9. The van der Waals surface area contributed by atoms with E-state index in [9.17, 15) is 4.79 Å². The minimum absolute atomic E-state index is 0. The second-order valence-corrected chi connectivity index (χ2v) is 5.69. The molecule has 0 spiro atoms. The molecule has 1 fully saturated rings. The van der Waals surface area contributed by atoms with Gasteiger partial charge in [0, 0.05) is 11.7 Å². The summed E-state index contributed by atoms with van der Waals surface area (Å²) in [5.74, 6) is 0.615. The van der Waals surface area contributed by atoms with Crippen molar-refractivity contribution in [2.75, 3.05) is 5.32 Å². The minimum atomic E-state index is -0.204. The van der Waals surface area contributed by atoms with Crippen molar-refractivity contribution in [3.05, 3.63) is 24.3 Å². The van der Waals surface area contributed by atoms with Crippen molar-refractivity contribution >= 4 is 24.0 Å². The van der Waals surface area contributed by atoms with Gasteiger partial charge in [0.1, 0.15) is 5.75 Å². The Balaban J connectivity index is 0.00000220. The van der Waals surface area contributed by atoms with Crippen molar-refractivity contribution in [1.82, 2.24) is 0 Å². The summed E-state index contributed by atoms with van der Waals surface area (Å²) in [5.41, 5.74) is 6.50. The van der Waals surface area contributed by atoms with Crippen LogP contribution in [0.3, 0.4) is 0 Å². The zero-order valence-corrected chi connectivity index (χ0v) is 13.5. The topological polar surface area (TPSA) is 64.4 Å². The standard InChI is InChI=1S/C16H24N2O2.ClH/c1-11(12(2)17)16(19)18-13-7-9-15(10-8-13)20-14-5-3-4-6-14;/h7-12,14H,3-6,17H2,1-2H3,(H,18,19);1H. The van der Waals surface area contributed by atoms with Crippen LogP contribution in [0, 0.1) is 5.92 Å². The lowest BCUT2D eigenvalue weighted by Crippen LogP contribution is -2.34. The molecule has 118 valence electrons. The van der Waals surface area contributed by atoms with Crippen LogP contribution in [0.2, 0.25) is 0 Å². The molecule has 4 nitrogen and oxygen atoms in total. The molecule has 0 aromatic heterocycles. The second-order valence-electron chi connectivity index (χ2n) is 5.69. The SMILES string of the molecule is CC(N)C(C)C(=O)Nc1ccc(OC2CCCC2)cc1.Cl. The summed E-state index contributed by atoms with van der Waals surface area (Å²) in [6.07, 6.45) is 5.16. The number of halogens is 1. The largest absolute Gasteiger partial charge is 0.490 e. The average molecular weight is 313 g/mol. The van der Waals surface area contributed by atoms with Crippen molar-refractivity contribution in [1.29, 1.82) is 0 Å². The maximum absolute atomic E-state index is 11.9. The van der Waals surface area contributed by atoms with Gasteiger partial charge in [-0.15, -0.1) is 12.4 Å². The number of nitrogens with two attached hydrogens (primary N) is 1. The summed E-state index contributed by atoms with van der Waals surface area (Å²) < 4.78 is 5.89. The van der Waals surface area contributed by atoms with Gasteiger partial charge in [-0.25, -0.2) is 0 Å². The number of amides is 1. The molecule has 0 aliphatic heterocycles. The number of rotatable bonds is 5. The van der Waals surface area contributed by atoms with Crippen LogP contribution in [0.4, 0.5) is 5.69 Å². The van der Waals surface area contributed by atoms with Crippen molar-refractivity contribution < 1.29 is 9.53 Å². The van der Waals surface area contributed by atoms with Crippen molar-refractivity contribution in [3.8, 4) is 5.75 Å². The summed E-state index contributed by atoms with van der Waals surface area (Å²) in [6, 6.07) is 7.40. The van der Waals surface area contributed by atoms with Gasteiger partial charge in [0.05, 0.1) is 12.0 Å². The van der Waals surface area contributed by atoms with Gasteiger partial charge in [0.25, 0.3) is 0 Å². The first kappa shape index (κ1) is 17.8. The molecule has 0 radical (unpaired) electrons. The summed E-state index contributed by atoms with van der Waals surface area (Å²) in [5, 5.41) is 2.87. The molecule has 21 heavy (non-hydrogen) atoms. The third-order valence-corrected chi connectivity index (χ3v) is 3.93. The van der Waals surface area contributed by atoms with Gasteiger partial charge in [0.15, 0.2) is 0 Å². The first-order chi connectivity index (χ1) is 9.56. The van der Waals surface area contributed by atoms with Gasteiger partial charge in [-0.05, 0) is 56.9 Å². The Bertz CT molecular complexity index is 442. The van der Waals surface area contributed by atoms with Crippen LogP contribution >= 0.6 is 12.4 Å². The molecule has 1 aromatic rings. The monoisotopic (exact) mass is 312 g/mol. The molecule has 0 saturated heterocycles. The van der Waals surface area contributed by atoms with Gasteiger partial charge >= 0.3 is 0 Å². The minimum Gasteiger partial charge on any atom is -0.490 e. The maximum Gasteiger partial charge on any atom is 0.228 e. The van der Waals surface area contributed by atoms with Crippen LogP contribution in [-0.2, 0) is 4.79 Å². The Labute approximate surface area is 132 Å². The van der Waals surface area contributed by atoms with E-state index in [4.69, 9.17) is 10.5 Å². The molecule has 3 N–H and O–H groups in total. The number of nitrogens with one attached hydrogen (secondary N) is 1. The number of carbonyl (C=O) groups is 1. The number of anilines is 1. The predicted molar refractivity (Wildman–Crippen MR) is 88.0 cm³/mol. The Morgan fingerprint density at radius 2 is 1.81 bits per heavy atom. The first-order valence-corrected chi connectivity index (χ1v) is 7.39. The molecule has 2 rings (SSSR count). The number of hydrogen-bond donors (Lipinski definition) is 2. The van der Waals surface area contributed by atoms with E-state index in [2.05, 4.69) is 5.32 Å². The third kappa shape index (κ3) is 5.21.